The molecule has 0 bridgehead atoms. The SMILES string of the molecule is COc1ccc(Cl)cc1CC(N)CC1CCCCC1. The first kappa shape index (κ1) is 14.7. The summed E-state index contributed by atoms with van der Waals surface area (Å²) in [5, 5.41) is 0.751. The monoisotopic (exact) mass is 281 g/mol. The summed E-state index contributed by atoms with van der Waals surface area (Å²) < 4.78 is 5.38. The van der Waals surface area contributed by atoms with E-state index in [-0.39, 0.29) is 6.04 Å². The molecule has 1 aromatic rings. The highest BCUT2D eigenvalue weighted by Gasteiger charge is 2.18. The fourth-order valence-electron chi connectivity index (χ4n) is 3.12. The predicted octanol–water partition coefficient (Wildman–Crippen LogP) is 4.19. The van der Waals surface area contributed by atoms with Crippen LogP contribution in [0.1, 0.15) is 44.1 Å². The van der Waals surface area contributed by atoms with Crippen LogP contribution in [0.3, 0.4) is 0 Å². The van der Waals surface area contributed by atoms with Gasteiger partial charge < -0.3 is 10.5 Å². The Hall–Kier alpha value is -0.730. The minimum Gasteiger partial charge on any atom is -0.496 e. The number of benzene rings is 1. The number of ether oxygens (including phenoxy) is 1. The molecule has 0 heterocycles. The second-order valence-electron chi connectivity index (χ2n) is 5.66. The van der Waals surface area contributed by atoms with Crippen molar-refractivity contribution in [2.45, 2.75) is 51.0 Å². The molecule has 1 fully saturated rings. The molecule has 0 aromatic heterocycles. The molecule has 1 aliphatic rings. The van der Waals surface area contributed by atoms with Crippen molar-refractivity contribution in [2.24, 2.45) is 11.7 Å². The van der Waals surface area contributed by atoms with Gasteiger partial charge in [0.15, 0.2) is 0 Å². The summed E-state index contributed by atoms with van der Waals surface area (Å²) in [6.07, 6.45) is 8.81. The van der Waals surface area contributed by atoms with Gasteiger partial charge in [-0.3, -0.25) is 0 Å². The number of methoxy groups -OCH3 is 1. The highest BCUT2D eigenvalue weighted by Crippen LogP contribution is 2.29. The molecule has 106 valence electrons. The fourth-order valence-corrected chi connectivity index (χ4v) is 3.32. The average Bonchev–Trinajstić information content (AvgIpc) is 2.40. The van der Waals surface area contributed by atoms with Gasteiger partial charge in [0, 0.05) is 11.1 Å². The van der Waals surface area contributed by atoms with Gasteiger partial charge in [0.1, 0.15) is 5.75 Å². The molecule has 1 aliphatic carbocycles. The zero-order chi connectivity index (χ0) is 13.7. The van der Waals surface area contributed by atoms with Gasteiger partial charge in [-0.25, -0.2) is 0 Å². The molecule has 1 atom stereocenters. The maximum absolute atomic E-state index is 6.31. The van der Waals surface area contributed by atoms with E-state index < -0.39 is 0 Å². The Morgan fingerprint density at radius 3 is 2.74 bits per heavy atom. The molecular formula is C16H24ClNO. The van der Waals surface area contributed by atoms with Gasteiger partial charge in [-0.15, -0.1) is 0 Å². The standard InChI is InChI=1S/C16H24ClNO/c1-19-16-8-7-14(17)10-13(16)11-15(18)9-12-5-3-2-4-6-12/h7-8,10,12,15H,2-6,9,11,18H2,1H3. The molecule has 1 unspecified atom stereocenters. The number of rotatable bonds is 5. The molecule has 2 rings (SSSR count). The molecule has 0 aliphatic heterocycles. The minimum absolute atomic E-state index is 0.204. The van der Waals surface area contributed by atoms with Crippen molar-refractivity contribution in [1.29, 1.82) is 0 Å². The zero-order valence-corrected chi connectivity index (χ0v) is 12.5. The first-order valence-electron chi connectivity index (χ1n) is 7.27. The van der Waals surface area contributed by atoms with E-state index in [4.69, 9.17) is 22.1 Å². The Labute approximate surface area is 121 Å². The summed E-state index contributed by atoms with van der Waals surface area (Å²) in [5.74, 6) is 1.71. The average molecular weight is 282 g/mol. The smallest absolute Gasteiger partial charge is 0.122 e. The molecular weight excluding hydrogens is 258 g/mol. The van der Waals surface area contributed by atoms with Crippen molar-refractivity contribution in [3.05, 3.63) is 28.8 Å². The van der Waals surface area contributed by atoms with Crippen LogP contribution in [0.15, 0.2) is 18.2 Å². The first-order valence-corrected chi connectivity index (χ1v) is 7.65. The predicted molar refractivity (Wildman–Crippen MR) is 80.9 cm³/mol. The van der Waals surface area contributed by atoms with E-state index >= 15 is 0 Å². The first-order chi connectivity index (χ1) is 9.19. The minimum atomic E-state index is 0.204. The lowest BCUT2D eigenvalue weighted by Crippen LogP contribution is -2.27. The summed E-state index contributed by atoms with van der Waals surface area (Å²) in [7, 11) is 1.69. The summed E-state index contributed by atoms with van der Waals surface area (Å²) >= 11 is 6.05. The Kier molecular flexibility index (Phi) is 5.53. The third kappa shape index (κ3) is 4.39. The van der Waals surface area contributed by atoms with Gasteiger partial charge in [0.25, 0.3) is 0 Å². The van der Waals surface area contributed by atoms with E-state index in [1.165, 1.54) is 32.1 Å². The van der Waals surface area contributed by atoms with Crippen LogP contribution in [-0.2, 0) is 6.42 Å². The fraction of sp³-hybridized carbons (Fsp3) is 0.625. The van der Waals surface area contributed by atoms with Gasteiger partial charge in [0.05, 0.1) is 7.11 Å². The Morgan fingerprint density at radius 2 is 2.05 bits per heavy atom. The van der Waals surface area contributed by atoms with Crippen LogP contribution in [0, 0.1) is 5.92 Å². The van der Waals surface area contributed by atoms with Crippen molar-refractivity contribution >= 4 is 11.6 Å². The topological polar surface area (TPSA) is 35.2 Å². The van der Waals surface area contributed by atoms with Gasteiger partial charge in [-0.1, -0.05) is 43.7 Å². The van der Waals surface area contributed by atoms with Crippen LogP contribution in [0.25, 0.3) is 0 Å². The highest BCUT2D eigenvalue weighted by atomic mass is 35.5. The normalized spacial score (nSPS) is 18.3. The molecule has 2 nitrogen and oxygen atoms in total. The van der Waals surface area contributed by atoms with Crippen LogP contribution in [0.2, 0.25) is 5.02 Å². The number of hydrogen-bond acceptors (Lipinski definition) is 2. The van der Waals surface area contributed by atoms with Gasteiger partial charge in [-0.2, -0.15) is 0 Å². The van der Waals surface area contributed by atoms with E-state index in [0.29, 0.717) is 0 Å². The van der Waals surface area contributed by atoms with Crippen LogP contribution in [-0.4, -0.2) is 13.2 Å². The third-order valence-corrected chi connectivity index (χ3v) is 4.32. The molecule has 1 aromatic carbocycles. The molecule has 0 radical (unpaired) electrons. The van der Waals surface area contributed by atoms with Crippen molar-refractivity contribution in [1.82, 2.24) is 0 Å². The van der Waals surface area contributed by atoms with Gasteiger partial charge in [-0.05, 0) is 42.5 Å². The maximum Gasteiger partial charge on any atom is 0.122 e. The van der Waals surface area contributed by atoms with Crippen molar-refractivity contribution < 1.29 is 4.74 Å². The number of hydrogen-bond donors (Lipinski definition) is 1. The zero-order valence-electron chi connectivity index (χ0n) is 11.7. The largest absolute Gasteiger partial charge is 0.496 e. The van der Waals surface area contributed by atoms with Crippen LogP contribution < -0.4 is 10.5 Å². The highest BCUT2D eigenvalue weighted by molar-refractivity contribution is 6.30. The van der Waals surface area contributed by atoms with Crippen molar-refractivity contribution in [3.8, 4) is 5.75 Å². The maximum atomic E-state index is 6.31. The van der Waals surface area contributed by atoms with Crippen LogP contribution in [0.4, 0.5) is 0 Å². The lowest BCUT2D eigenvalue weighted by atomic mass is 9.84. The molecule has 0 amide bonds. The summed E-state index contributed by atoms with van der Waals surface area (Å²) in [6.45, 7) is 0. The van der Waals surface area contributed by atoms with Gasteiger partial charge in [0.2, 0.25) is 0 Å². The lowest BCUT2D eigenvalue weighted by molar-refractivity contribution is 0.315. The van der Waals surface area contributed by atoms with Crippen molar-refractivity contribution in [3.63, 3.8) is 0 Å². The summed E-state index contributed by atoms with van der Waals surface area (Å²) in [5.41, 5.74) is 7.44. The molecule has 19 heavy (non-hydrogen) atoms. The van der Waals surface area contributed by atoms with Crippen molar-refractivity contribution in [2.75, 3.05) is 7.11 Å². The van der Waals surface area contributed by atoms with E-state index in [1.807, 2.05) is 18.2 Å². The number of halogens is 1. The summed E-state index contributed by atoms with van der Waals surface area (Å²) in [4.78, 5) is 0. The Balaban J connectivity index is 1.93. The van der Waals surface area contributed by atoms with Crippen LogP contribution in [0.5, 0.6) is 5.75 Å². The molecule has 0 spiro atoms. The number of nitrogens with two attached hydrogens (primary N) is 1. The second kappa shape index (κ2) is 7.16. The van der Waals surface area contributed by atoms with E-state index in [0.717, 1.165) is 35.1 Å². The quantitative estimate of drug-likeness (QED) is 0.878. The molecule has 0 saturated heterocycles. The third-order valence-electron chi connectivity index (χ3n) is 4.09. The van der Waals surface area contributed by atoms with E-state index in [2.05, 4.69) is 0 Å². The molecule has 3 heteroatoms. The summed E-state index contributed by atoms with van der Waals surface area (Å²) in [6, 6.07) is 5.96. The van der Waals surface area contributed by atoms with E-state index in [1.54, 1.807) is 7.11 Å². The Morgan fingerprint density at radius 1 is 1.32 bits per heavy atom. The molecule has 2 N–H and O–H groups in total. The Bertz CT molecular complexity index is 402. The van der Waals surface area contributed by atoms with Gasteiger partial charge >= 0.3 is 0 Å². The molecule has 1 saturated carbocycles. The lowest BCUT2D eigenvalue weighted by Gasteiger charge is -2.25. The second-order valence-corrected chi connectivity index (χ2v) is 6.10. The van der Waals surface area contributed by atoms with E-state index in [9.17, 15) is 0 Å². The van der Waals surface area contributed by atoms with Crippen LogP contribution >= 0.6 is 11.6 Å².